The second kappa shape index (κ2) is 11.4. The number of rotatable bonds is 7. The highest BCUT2D eigenvalue weighted by atomic mass is 19.4. The van der Waals surface area contributed by atoms with Crippen LogP contribution >= 0.6 is 0 Å². The van der Waals surface area contributed by atoms with Crippen molar-refractivity contribution in [2.75, 3.05) is 39.0 Å². The lowest BCUT2D eigenvalue weighted by atomic mass is 10.0. The van der Waals surface area contributed by atoms with Crippen LogP contribution in [-0.2, 0) is 17.6 Å². The van der Waals surface area contributed by atoms with Crippen molar-refractivity contribution in [3.63, 3.8) is 0 Å². The number of likely N-dealkylation sites (tertiary alicyclic amines) is 1. The molecule has 0 unspecified atom stereocenters. The Morgan fingerprint density at radius 2 is 2.00 bits per heavy atom. The van der Waals surface area contributed by atoms with E-state index in [4.69, 9.17) is 0 Å². The minimum Gasteiger partial charge on any atom is -0.392 e. The van der Waals surface area contributed by atoms with E-state index in [0.717, 1.165) is 18.6 Å². The highest BCUT2D eigenvalue weighted by molar-refractivity contribution is 6.04. The minimum atomic E-state index is -4.58. The predicted octanol–water partition coefficient (Wildman–Crippen LogP) is 4.08. The van der Waals surface area contributed by atoms with E-state index in [9.17, 15) is 27.9 Å². The predicted molar refractivity (Wildman–Crippen MR) is 138 cm³/mol. The number of aromatic nitrogens is 2. The van der Waals surface area contributed by atoms with Crippen LogP contribution in [-0.4, -0.2) is 70.0 Å². The van der Waals surface area contributed by atoms with Gasteiger partial charge in [0.2, 0.25) is 11.9 Å². The molecule has 1 aromatic heterocycles. The summed E-state index contributed by atoms with van der Waals surface area (Å²) in [5.74, 6) is -0.677. The second-order valence-corrected chi connectivity index (χ2v) is 9.56. The molecule has 0 radical (unpaired) electrons. The van der Waals surface area contributed by atoms with E-state index in [2.05, 4.69) is 10.3 Å². The Hall–Kier alpha value is -3.70. The number of fused-ring (bicyclic) bond motifs is 1. The second-order valence-electron chi connectivity index (χ2n) is 9.56. The number of hydrogen-bond donors (Lipinski definition) is 2. The van der Waals surface area contributed by atoms with Gasteiger partial charge in [0.05, 0.1) is 29.2 Å². The van der Waals surface area contributed by atoms with Crippen molar-refractivity contribution in [3.05, 3.63) is 71.3 Å². The van der Waals surface area contributed by atoms with Gasteiger partial charge in [0.25, 0.3) is 5.91 Å². The van der Waals surface area contributed by atoms with Crippen LogP contribution in [0.1, 0.15) is 40.4 Å². The largest absolute Gasteiger partial charge is 0.416 e. The number of hydrogen-bond acceptors (Lipinski definition) is 5. The van der Waals surface area contributed by atoms with Gasteiger partial charge in [0, 0.05) is 31.3 Å². The van der Waals surface area contributed by atoms with E-state index in [1.54, 1.807) is 35.3 Å². The molecule has 202 valence electrons. The summed E-state index contributed by atoms with van der Waals surface area (Å²) in [6, 6.07) is 9.19. The molecule has 1 fully saturated rings. The van der Waals surface area contributed by atoms with Crippen LogP contribution in [0.25, 0.3) is 11.0 Å². The SMILES string of the molecule is CN(C)C/C=C/C(=O)N1CCC[C@@H](n2c(NC(=O)c3cccc(C(F)(F)F)c3)nc3cc(CO)ccc32)C1. The molecule has 2 heterocycles. The van der Waals surface area contributed by atoms with Gasteiger partial charge in [-0.3, -0.25) is 14.9 Å². The van der Waals surface area contributed by atoms with Crippen molar-refractivity contribution in [1.82, 2.24) is 19.4 Å². The molecule has 11 heteroatoms. The number of nitrogens with one attached hydrogen (secondary N) is 1. The molecule has 1 saturated heterocycles. The molecular formula is C27H30F3N5O3. The molecule has 1 atom stereocenters. The fraction of sp³-hybridized carbons (Fsp3) is 0.370. The molecule has 2 amide bonds. The van der Waals surface area contributed by atoms with Gasteiger partial charge in [-0.05, 0) is 62.8 Å². The number of carbonyl (C=O) groups excluding carboxylic acids is 2. The third-order valence-electron chi connectivity index (χ3n) is 6.42. The van der Waals surface area contributed by atoms with Crippen LogP contribution in [0.5, 0.6) is 0 Å². The first-order valence-electron chi connectivity index (χ1n) is 12.3. The first-order valence-corrected chi connectivity index (χ1v) is 12.3. The van der Waals surface area contributed by atoms with Gasteiger partial charge in [-0.15, -0.1) is 0 Å². The van der Waals surface area contributed by atoms with Gasteiger partial charge in [-0.2, -0.15) is 13.2 Å². The van der Waals surface area contributed by atoms with Gasteiger partial charge in [-0.25, -0.2) is 4.98 Å². The minimum absolute atomic E-state index is 0.113. The molecule has 0 bridgehead atoms. The molecule has 0 aliphatic carbocycles. The number of anilines is 1. The van der Waals surface area contributed by atoms with Crippen molar-refractivity contribution in [2.45, 2.75) is 31.7 Å². The number of carbonyl (C=O) groups is 2. The standard InChI is InChI=1S/C27H30F3N5O3/c1-33(2)12-5-9-24(37)34-13-4-8-21(16-34)35-23-11-10-18(17-36)14-22(23)31-26(35)32-25(38)19-6-3-7-20(15-19)27(28,29)30/h3,5-7,9-11,14-15,21,36H,4,8,12-13,16-17H2,1-2H3,(H,31,32,38)/b9-5+/t21-/m1/s1. The summed E-state index contributed by atoms with van der Waals surface area (Å²) in [4.78, 5) is 34.1. The highest BCUT2D eigenvalue weighted by Gasteiger charge is 2.31. The van der Waals surface area contributed by atoms with Gasteiger partial charge in [0.1, 0.15) is 0 Å². The number of aliphatic hydroxyl groups excluding tert-OH is 1. The lowest BCUT2D eigenvalue weighted by Gasteiger charge is -2.34. The first kappa shape index (κ1) is 27.3. The number of likely N-dealkylation sites (N-methyl/N-ethyl adjacent to an activating group) is 1. The van der Waals surface area contributed by atoms with E-state index in [0.29, 0.717) is 42.7 Å². The zero-order valence-corrected chi connectivity index (χ0v) is 21.2. The fourth-order valence-electron chi connectivity index (χ4n) is 4.55. The number of halogens is 3. The number of alkyl halides is 3. The smallest absolute Gasteiger partial charge is 0.392 e. The van der Waals surface area contributed by atoms with Crippen molar-refractivity contribution >= 4 is 28.8 Å². The Labute approximate surface area is 218 Å². The zero-order chi connectivity index (χ0) is 27.4. The summed E-state index contributed by atoms with van der Waals surface area (Å²) in [5, 5.41) is 12.2. The average Bonchev–Trinajstić information content (AvgIpc) is 3.24. The molecule has 2 N–H and O–H groups in total. The van der Waals surface area contributed by atoms with Gasteiger partial charge in [-0.1, -0.05) is 18.2 Å². The molecule has 0 saturated carbocycles. The molecule has 8 nitrogen and oxygen atoms in total. The lowest BCUT2D eigenvalue weighted by Crippen LogP contribution is -2.40. The quantitative estimate of drug-likeness (QED) is 0.450. The van der Waals surface area contributed by atoms with Gasteiger partial charge < -0.3 is 19.5 Å². The number of piperidine rings is 1. The average molecular weight is 530 g/mol. The molecule has 38 heavy (non-hydrogen) atoms. The molecule has 1 aliphatic heterocycles. The van der Waals surface area contributed by atoms with Gasteiger partial charge >= 0.3 is 6.18 Å². The van der Waals surface area contributed by atoms with Crippen LogP contribution in [0.2, 0.25) is 0 Å². The molecule has 4 rings (SSSR count). The molecule has 1 aliphatic rings. The van der Waals surface area contributed by atoms with Crippen LogP contribution in [0.3, 0.4) is 0 Å². The van der Waals surface area contributed by atoms with E-state index < -0.39 is 17.6 Å². The first-order chi connectivity index (χ1) is 18.1. The monoisotopic (exact) mass is 529 g/mol. The maximum Gasteiger partial charge on any atom is 0.416 e. The Kier molecular flexibility index (Phi) is 8.17. The normalized spacial score (nSPS) is 16.5. The van der Waals surface area contributed by atoms with Crippen molar-refractivity contribution in [2.24, 2.45) is 0 Å². The van der Waals surface area contributed by atoms with Crippen molar-refractivity contribution in [1.29, 1.82) is 0 Å². The summed E-state index contributed by atoms with van der Waals surface area (Å²) in [7, 11) is 3.82. The molecular weight excluding hydrogens is 499 g/mol. The maximum atomic E-state index is 13.2. The topological polar surface area (TPSA) is 90.7 Å². The fourth-order valence-corrected chi connectivity index (χ4v) is 4.55. The lowest BCUT2D eigenvalue weighted by molar-refractivity contribution is -0.137. The summed E-state index contributed by atoms with van der Waals surface area (Å²) in [5.41, 5.74) is 0.759. The number of imidazole rings is 1. The zero-order valence-electron chi connectivity index (χ0n) is 21.2. The van der Waals surface area contributed by atoms with Crippen LogP contribution in [0.15, 0.2) is 54.6 Å². The van der Waals surface area contributed by atoms with Crippen molar-refractivity contribution in [3.8, 4) is 0 Å². The summed E-state index contributed by atoms with van der Waals surface area (Å²) in [6.07, 6.45) is 0.218. The van der Waals surface area contributed by atoms with E-state index in [-0.39, 0.29) is 30.1 Å². The van der Waals surface area contributed by atoms with E-state index in [1.165, 1.54) is 12.1 Å². The Morgan fingerprint density at radius 3 is 2.71 bits per heavy atom. The third kappa shape index (κ3) is 6.22. The molecule has 2 aromatic carbocycles. The highest BCUT2D eigenvalue weighted by Crippen LogP contribution is 2.32. The van der Waals surface area contributed by atoms with Crippen molar-refractivity contribution < 1.29 is 27.9 Å². The number of nitrogens with zero attached hydrogens (tertiary/aromatic N) is 4. The number of amides is 2. The van der Waals surface area contributed by atoms with Crippen LogP contribution in [0.4, 0.5) is 19.1 Å². The molecule has 3 aromatic rings. The summed E-state index contributed by atoms with van der Waals surface area (Å²) < 4.78 is 41.4. The number of benzene rings is 2. The maximum absolute atomic E-state index is 13.2. The third-order valence-corrected chi connectivity index (χ3v) is 6.42. The van der Waals surface area contributed by atoms with Gasteiger partial charge in [0.15, 0.2) is 0 Å². The number of aliphatic hydroxyl groups is 1. The summed E-state index contributed by atoms with van der Waals surface area (Å²) >= 11 is 0. The van der Waals surface area contributed by atoms with Crippen LogP contribution < -0.4 is 5.32 Å². The Morgan fingerprint density at radius 1 is 1.21 bits per heavy atom. The molecule has 0 spiro atoms. The Balaban J connectivity index is 1.66. The Bertz CT molecular complexity index is 1350. The summed E-state index contributed by atoms with van der Waals surface area (Å²) in [6.45, 7) is 1.41. The van der Waals surface area contributed by atoms with Crippen LogP contribution in [0, 0.1) is 0 Å². The van der Waals surface area contributed by atoms with E-state index >= 15 is 0 Å². The van der Waals surface area contributed by atoms with E-state index in [1.807, 2.05) is 23.6 Å².